The molecule has 5 heteroatoms. The number of hydrogen-bond acceptors (Lipinski definition) is 3. The van der Waals surface area contributed by atoms with Crippen molar-refractivity contribution < 1.29 is 4.79 Å². The van der Waals surface area contributed by atoms with Crippen LogP contribution in [0.2, 0.25) is 0 Å². The highest BCUT2D eigenvalue weighted by atomic mass is 16.2. The van der Waals surface area contributed by atoms with Crippen LogP contribution in [0.5, 0.6) is 0 Å². The zero-order valence-corrected chi connectivity index (χ0v) is 13.5. The van der Waals surface area contributed by atoms with Crippen LogP contribution >= 0.6 is 0 Å². The molecular formula is C17H22N4O. The number of nitrogens with zero attached hydrogens (tertiary/aromatic N) is 2. The Hall–Kier alpha value is -2.43. The quantitative estimate of drug-likeness (QED) is 0.912. The monoisotopic (exact) mass is 298 g/mol. The van der Waals surface area contributed by atoms with E-state index >= 15 is 0 Å². The van der Waals surface area contributed by atoms with Crippen LogP contribution in [0.3, 0.4) is 0 Å². The van der Waals surface area contributed by atoms with Gasteiger partial charge in [0.15, 0.2) is 0 Å². The summed E-state index contributed by atoms with van der Waals surface area (Å²) in [6.07, 6.45) is 3.29. The second kappa shape index (κ2) is 6.56. The molecule has 0 fully saturated rings. The number of aromatic nitrogens is 2. The third-order valence-electron chi connectivity index (χ3n) is 3.25. The largest absolute Gasteiger partial charge is 0.334 e. The van der Waals surface area contributed by atoms with Gasteiger partial charge in [0, 0.05) is 29.4 Å². The average molecular weight is 298 g/mol. The molecule has 0 spiro atoms. The van der Waals surface area contributed by atoms with Crippen molar-refractivity contribution in [3.05, 3.63) is 53.6 Å². The van der Waals surface area contributed by atoms with Crippen molar-refractivity contribution >= 4 is 11.7 Å². The first-order chi connectivity index (χ1) is 10.4. The summed E-state index contributed by atoms with van der Waals surface area (Å²) in [5.41, 5.74) is 3.70. The lowest BCUT2D eigenvalue weighted by molar-refractivity contribution is 0.251. The van der Waals surface area contributed by atoms with Crippen LogP contribution in [-0.2, 0) is 12.0 Å². The molecule has 2 aromatic rings. The fourth-order valence-corrected chi connectivity index (χ4v) is 2.15. The van der Waals surface area contributed by atoms with E-state index in [1.807, 2.05) is 31.2 Å². The molecule has 0 saturated carbocycles. The zero-order valence-electron chi connectivity index (χ0n) is 13.5. The summed E-state index contributed by atoms with van der Waals surface area (Å²) in [7, 11) is 0. The Bertz CT molecular complexity index is 644. The third kappa shape index (κ3) is 4.28. The maximum absolute atomic E-state index is 12.0. The van der Waals surface area contributed by atoms with Gasteiger partial charge in [-0.05, 0) is 19.1 Å². The topological polar surface area (TPSA) is 66.9 Å². The number of carbonyl (C=O) groups excluding carboxylic acids is 1. The molecule has 5 nitrogen and oxygen atoms in total. The van der Waals surface area contributed by atoms with Crippen molar-refractivity contribution in [1.29, 1.82) is 0 Å². The van der Waals surface area contributed by atoms with Crippen LogP contribution in [0.1, 0.15) is 37.6 Å². The Labute approximate surface area is 131 Å². The predicted molar refractivity (Wildman–Crippen MR) is 87.8 cm³/mol. The minimum atomic E-state index is -0.243. The van der Waals surface area contributed by atoms with Crippen molar-refractivity contribution in [3.63, 3.8) is 0 Å². The number of carbonyl (C=O) groups is 1. The second-order valence-electron chi connectivity index (χ2n) is 6.32. The van der Waals surface area contributed by atoms with Crippen molar-refractivity contribution in [2.75, 3.05) is 5.32 Å². The Balaban J connectivity index is 1.98. The van der Waals surface area contributed by atoms with Gasteiger partial charge in [-0.2, -0.15) is 0 Å². The molecular weight excluding hydrogens is 276 g/mol. The molecule has 0 aliphatic heterocycles. The molecule has 0 bridgehead atoms. The molecule has 2 amide bonds. The van der Waals surface area contributed by atoms with Gasteiger partial charge in [0.2, 0.25) is 0 Å². The number of nitrogens with one attached hydrogen (secondary N) is 2. The van der Waals surface area contributed by atoms with Gasteiger partial charge in [0.1, 0.15) is 6.33 Å². The van der Waals surface area contributed by atoms with E-state index in [2.05, 4.69) is 41.4 Å². The SMILES string of the molecule is Cc1ccc(NC(=O)NCc2cncnc2C(C)(C)C)cc1. The fraction of sp³-hybridized carbons (Fsp3) is 0.353. The summed E-state index contributed by atoms with van der Waals surface area (Å²) in [6.45, 7) is 8.67. The molecule has 0 radical (unpaired) electrons. The van der Waals surface area contributed by atoms with Crippen LogP contribution < -0.4 is 10.6 Å². The standard InChI is InChI=1S/C17H22N4O/c1-12-5-7-14(8-6-12)21-16(22)19-10-13-9-18-11-20-15(13)17(2,3)4/h5-9,11H,10H2,1-4H3,(H2,19,21,22). The van der Waals surface area contributed by atoms with Crippen molar-refractivity contribution in [2.45, 2.75) is 39.7 Å². The van der Waals surface area contributed by atoms with Gasteiger partial charge in [0.05, 0.1) is 5.69 Å². The summed E-state index contributed by atoms with van der Waals surface area (Å²) in [6, 6.07) is 7.42. The molecule has 0 saturated heterocycles. The van der Waals surface area contributed by atoms with E-state index in [4.69, 9.17) is 0 Å². The van der Waals surface area contributed by atoms with Gasteiger partial charge in [0.25, 0.3) is 0 Å². The molecule has 1 heterocycles. The van der Waals surface area contributed by atoms with E-state index in [0.29, 0.717) is 6.54 Å². The minimum Gasteiger partial charge on any atom is -0.334 e. The number of rotatable bonds is 3. The molecule has 0 aliphatic rings. The average Bonchev–Trinajstić information content (AvgIpc) is 2.47. The molecule has 116 valence electrons. The molecule has 22 heavy (non-hydrogen) atoms. The van der Waals surface area contributed by atoms with E-state index in [9.17, 15) is 4.79 Å². The number of urea groups is 1. The van der Waals surface area contributed by atoms with E-state index < -0.39 is 0 Å². The molecule has 0 unspecified atom stereocenters. The Kier molecular flexibility index (Phi) is 4.75. The highest BCUT2D eigenvalue weighted by Gasteiger charge is 2.19. The van der Waals surface area contributed by atoms with Crippen LogP contribution in [0.25, 0.3) is 0 Å². The fourth-order valence-electron chi connectivity index (χ4n) is 2.15. The molecule has 2 rings (SSSR count). The van der Waals surface area contributed by atoms with E-state index in [1.165, 1.54) is 6.33 Å². The first-order valence-corrected chi connectivity index (χ1v) is 7.27. The number of aryl methyl sites for hydroxylation is 1. The van der Waals surface area contributed by atoms with Gasteiger partial charge in [-0.1, -0.05) is 38.5 Å². The molecule has 0 atom stereocenters. The Morgan fingerprint density at radius 1 is 1.18 bits per heavy atom. The van der Waals surface area contributed by atoms with Gasteiger partial charge in [-0.3, -0.25) is 0 Å². The normalized spacial score (nSPS) is 11.1. The van der Waals surface area contributed by atoms with E-state index in [1.54, 1.807) is 6.20 Å². The highest BCUT2D eigenvalue weighted by molar-refractivity contribution is 5.89. The van der Waals surface area contributed by atoms with E-state index in [0.717, 1.165) is 22.5 Å². The summed E-state index contributed by atoms with van der Waals surface area (Å²) >= 11 is 0. The van der Waals surface area contributed by atoms with Crippen LogP contribution in [-0.4, -0.2) is 16.0 Å². The molecule has 1 aromatic carbocycles. The van der Waals surface area contributed by atoms with Crippen molar-refractivity contribution in [2.24, 2.45) is 0 Å². The predicted octanol–water partition coefficient (Wildman–Crippen LogP) is 3.40. The minimum absolute atomic E-state index is 0.0899. The summed E-state index contributed by atoms with van der Waals surface area (Å²) in [5, 5.41) is 5.65. The Morgan fingerprint density at radius 3 is 2.50 bits per heavy atom. The molecule has 2 N–H and O–H groups in total. The van der Waals surface area contributed by atoms with Crippen LogP contribution in [0.15, 0.2) is 36.8 Å². The molecule has 1 aromatic heterocycles. The number of benzene rings is 1. The Morgan fingerprint density at radius 2 is 1.86 bits per heavy atom. The summed E-state index contributed by atoms with van der Waals surface area (Å²) in [4.78, 5) is 20.4. The zero-order chi connectivity index (χ0) is 16.2. The van der Waals surface area contributed by atoms with Crippen LogP contribution in [0.4, 0.5) is 10.5 Å². The smallest absolute Gasteiger partial charge is 0.319 e. The number of amides is 2. The first-order valence-electron chi connectivity index (χ1n) is 7.27. The van der Waals surface area contributed by atoms with E-state index in [-0.39, 0.29) is 11.4 Å². The maximum atomic E-state index is 12.0. The lowest BCUT2D eigenvalue weighted by Crippen LogP contribution is -2.30. The van der Waals surface area contributed by atoms with Gasteiger partial charge >= 0.3 is 6.03 Å². The number of anilines is 1. The van der Waals surface area contributed by atoms with Gasteiger partial charge < -0.3 is 10.6 Å². The lowest BCUT2D eigenvalue weighted by atomic mass is 9.89. The number of hydrogen-bond donors (Lipinski definition) is 2. The van der Waals surface area contributed by atoms with Crippen LogP contribution in [0, 0.1) is 6.92 Å². The first kappa shape index (κ1) is 15.9. The van der Waals surface area contributed by atoms with Gasteiger partial charge in [-0.15, -0.1) is 0 Å². The van der Waals surface area contributed by atoms with Gasteiger partial charge in [-0.25, -0.2) is 14.8 Å². The molecule has 0 aliphatic carbocycles. The highest BCUT2D eigenvalue weighted by Crippen LogP contribution is 2.22. The summed E-state index contributed by atoms with van der Waals surface area (Å²) < 4.78 is 0. The second-order valence-corrected chi connectivity index (χ2v) is 6.32. The van der Waals surface area contributed by atoms with Crippen molar-refractivity contribution in [1.82, 2.24) is 15.3 Å². The lowest BCUT2D eigenvalue weighted by Gasteiger charge is -2.21. The third-order valence-corrected chi connectivity index (χ3v) is 3.25. The van der Waals surface area contributed by atoms with Crippen molar-refractivity contribution in [3.8, 4) is 0 Å². The maximum Gasteiger partial charge on any atom is 0.319 e. The summed E-state index contributed by atoms with van der Waals surface area (Å²) in [5.74, 6) is 0.